The van der Waals surface area contributed by atoms with Crippen LogP contribution in [0.4, 0.5) is 0 Å². The maximum atomic E-state index is 12.1. The van der Waals surface area contributed by atoms with Gasteiger partial charge in [-0.15, -0.1) is 0 Å². The fourth-order valence-corrected chi connectivity index (χ4v) is 2.43. The van der Waals surface area contributed by atoms with E-state index in [0.29, 0.717) is 17.2 Å². The Morgan fingerprint density at radius 1 is 1.00 bits per heavy atom. The molecule has 128 valence electrons. The van der Waals surface area contributed by atoms with Crippen LogP contribution in [0, 0.1) is 6.92 Å². The molecule has 0 aliphatic rings. The predicted molar refractivity (Wildman–Crippen MR) is 92.6 cm³/mol. The highest BCUT2D eigenvalue weighted by Gasteiger charge is 2.13. The molecule has 2 rings (SSSR count). The molecular weight excluding hydrogens is 308 g/mol. The minimum atomic E-state index is -0.0699. The van der Waals surface area contributed by atoms with Crippen molar-refractivity contribution in [2.75, 3.05) is 21.3 Å². The number of aryl methyl sites for hydroxylation is 1. The highest BCUT2D eigenvalue weighted by atomic mass is 16.5. The Morgan fingerprint density at radius 2 is 1.58 bits per heavy atom. The van der Waals surface area contributed by atoms with Gasteiger partial charge in [0.1, 0.15) is 11.4 Å². The third-order valence-corrected chi connectivity index (χ3v) is 3.98. The molecule has 1 aromatic carbocycles. The molecule has 0 spiro atoms. The first kappa shape index (κ1) is 17.6. The SMILES string of the molecule is COc1cc(C=Cc2cc(C)n(C)c(=O)[n+]2C)cc(OC)c1OC. The molecule has 0 aliphatic carbocycles. The Hall–Kier alpha value is -2.76. The lowest BCUT2D eigenvalue weighted by molar-refractivity contribution is -0.692. The number of hydrogen-bond acceptors (Lipinski definition) is 4. The van der Waals surface area contributed by atoms with E-state index < -0.39 is 0 Å². The molecule has 0 bridgehead atoms. The molecule has 0 saturated carbocycles. The summed E-state index contributed by atoms with van der Waals surface area (Å²) >= 11 is 0. The molecule has 0 radical (unpaired) electrons. The quantitative estimate of drug-likeness (QED) is 0.783. The average molecular weight is 331 g/mol. The van der Waals surface area contributed by atoms with E-state index in [1.807, 2.05) is 37.3 Å². The molecule has 0 fully saturated rings. The van der Waals surface area contributed by atoms with Gasteiger partial charge in [-0.3, -0.25) is 0 Å². The molecule has 2 aromatic rings. The van der Waals surface area contributed by atoms with Crippen molar-refractivity contribution in [3.63, 3.8) is 0 Å². The second-order valence-corrected chi connectivity index (χ2v) is 5.40. The van der Waals surface area contributed by atoms with E-state index in [9.17, 15) is 4.79 Å². The van der Waals surface area contributed by atoms with Crippen molar-refractivity contribution in [3.05, 3.63) is 45.6 Å². The maximum Gasteiger partial charge on any atom is 0.498 e. The molecule has 6 heteroatoms. The van der Waals surface area contributed by atoms with Crippen molar-refractivity contribution in [1.82, 2.24) is 4.57 Å². The van der Waals surface area contributed by atoms with Crippen molar-refractivity contribution < 1.29 is 18.8 Å². The molecule has 6 nitrogen and oxygen atoms in total. The summed E-state index contributed by atoms with van der Waals surface area (Å²) in [6.45, 7) is 1.90. The Balaban J connectivity index is 2.49. The van der Waals surface area contributed by atoms with Crippen LogP contribution in [0.3, 0.4) is 0 Å². The largest absolute Gasteiger partial charge is 0.498 e. The van der Waals surface area contributed by atoms with Crippen LogP contribution in [0.5, 0.6) is 17.2 Å². The van der Waals surface area contributed by atoms with Crippen LogP contribution in [0.15, 0.2) is 23.0 Å². The van der Waals surface area contributed by atoms with Gasteiger partial charge in [-0.1, -0.05) is 6.08 Å². The van der Waals surface area contributed by atoms with E-state index in [-0.39, 0.29) is 5.69 Å². The molecule has 0 amide bonds. The van der Waals surface area contributed by atoms with Crippen molar-refractivity contribution in [2.24, 2.45) is 14.1 Å². The monoisotopic (exact) mass is 331 g/mol. The van der Waals surface area contributed by atoms with Crippen LogP contribution in [0.25, 0.3) is 12.2 Å². The van der Waals surface area contributed by atoms with Crippen LogP contribution in [0.2, 0.25) is 0 Å². The lowest BCUT2D eigenvalue weighted by atomic mass is 10.1. The van der Waals surface area contributed by atoms with Gasteiger partial charge in [0, 0.05) is 6.07 Å². The number of methoxy groups -OCH3 is 3. The lowest BCUT2D eigenvalue weighted by Gasteiger charge is -2.12. The molecule has 0 unspecified atom stereocenters. The van der Waals surface area contributed by atoms with Crippen molar-refractivity contribution in [3.8, 4) is 17.2 Å². The zero-order chi connectivity index (χ0) is 17.9. The second-order valence-electron chi connectivity index (χ2n) is 5.40. The number of nitrogens with zero attached hydrogens (tertiary/aromatic N) is 2. The van der Waals surface area contributed by atoms with E-state index in [4.69, 9.17) is 14.2 Å². The fourth-order valence-electron chi connectivity index (χ4n) is 2.43. The van der Waals surface area contributed by atoms with Crippen LogP contribution in [0.1, 0.15) is 17.0 Å². The van der Waals surface area contributed by atoms with Gasteiger partial charge in [-0.2, -0.15) is 13.9 Å². The fraction of sp³-hybridized carbons (Fsp3) is 0.333. The number of rotatable bonds is 5. The first-order valence-electron chi connectivity index (χ1n) is 7.47. The molecule has 0 saturated heterocycles. The molecule has 1 aromatic heterocycles. The Morgan fingerprint density at radius 3 is 2.08 bits per heavy atom. The molecular formula is C18H23N2O4+. The average Bonchev–Trinajstić information content (AvgIpc) is 2.60. The van der Waals surface area contributed by atoms with Gasteiger partial charge in [0.25, 0.3) is 0 Å². The summed E-state index contributed by atoms with van der Waals surface area (Å²) in [6.07, 6.45) is 3.79. The van der Waals surface area contributed by atoms with E-state index in [2.05, 4.69) is 0 Å². The standard InChI is InChI=1S/C18H23N2O4/c1-12-9-14(20(3)18(21)19(12)2)8-7-13-10-15(22-4)17(24-6)16(11-13)23-5/h7-11H,1-6H3/q+1. The van der Waals surface area contributed by atoms with E-state index in [1.54, 1.807) is 44.6 Å². The van der Waals surface area contributed by atoms with Gasteiger partial charge < -0.3 is 14.2 Å². The molecule has 1 heterocycles. The lowest BCUT2D eigenvalue weighted by Crippen LogP contribution is -2.53. The molecule has 24 heavy (non-hydrogen) atoms. The van der Waals surface area contributed by atoms with Crippen molar-refractivity contribution in [1.29, 1.82) is 0 Å². The highest BCUT2D eigenvalue weighted by Crippen LogP contribution is 2.38. The third-order valence-electron chi connectivity index (χ3n) is 3.98. The number of hydrogen-bond donors (Lipinski definition) is 0. The van der Waals surface area contributed by atoms with Crippen molar-refractivity contribution in [2.45, 2.75) is 6.92 Å². The van der Waals surface area contributed by atoms with Gasteiger partial charge in [0.2, 0.25) is 5.75 Å². The maximum absolute atomic E-state index is 12.1. The topological polar surface area (TPSA) is 53.6 Å². The predicted octanol–water partition coefficient (Wildman–Crippen LogP) is 1.71. The number of ether oxygens (including phenoxy) is 3. The minimum absolute atomic E-state index is 0.0699. The van der Waals surface area contributed by atoms with Crippen LogP contribution in [-0.2, 0) is 14.1 Å². The summed E-state index contributed by atoms with van der Waals surface area (Å²) in [4.78, 5) is 12.1. The van der Waals surface area contributed by atoms with E-state index in [0.717, 1.165) is 17.0 Å². The summed E-state index contributed by atoms with van der Waals surface area (Å²) < 4.78 is 19.2. The summed E-state index contributed by atoms with van der Waals surface area (Å²) in [5.74, 6) is 1.72. The minimum Gasteiger partial charge on any atom is -0.493 e. The Bertz CT molecular complexity index is 813. The van der Waals surface area contributed by atoms with Crippen LogP contribution >= 0.6 is 0 Å². The summed E-state index contributed by atoms with van der Waals surface area (Å²) in [6, 6.07) is 5.66. The van der Waals surface area contributed by atoms with Crippen LogP contribution in [-0.4, -0.2) is 25.9 Å². The van der Waals surface area contributed by atoms with Gasteiger partial charge in [0.05, 0.1) is 35.4 Å². The van der Waals surface area contributed by atoms with Gasteiger partial charge >= 0.3 is 5.69 Å². The molecule has 0 N–H and O–H groups in total. The zero-order valence-corrected chi connectivity index (χ0v) is 14.9. The molecule has 0 aliphatic heterocycles. The van der Waals surface area contributed by atoms with E-state index in [1.165, 1.54) is 0 Å². The highest BCUT2D eigenvalue weighted by molar-refractivity contribution is 5.71. The van der Waals surface area contributed by atoms with E-state index >= 15 is 0 Å². The Labute approximate surface area is 141 Å². The second kappa shape index (κ2) is 7.21. The first-order valence-corrected chi connectivity index (χ1v) is 7.47. The van der Waals surface area contributed by atoms with Gasteiger partial charge in [-0.05, 0) is 30.7 Å². The van der Waals surface area contributed by atoms with Crippen molar-refractivity contribution >= 4 is 12.2 Å². The molecule has 0 atom stereocenters. The number of aromatic nitrogens is 2. The Kier molecular flexibility index (Phi) is 5.28. The smallest absolute Gasteiger partial charge is 0.493 e. The summed E-state index contributed by atoms with van der Waals surface area (Å²) in [5, 5.41) is 0. The van der Waals surface area contributed by atoms with Gasteiger partial charge in [0.15, 0.2) is 11.5 Å². The third kappa shape index (κ3) is 3.27. The van der Waals surface area contributed by atoms with Gasteiger partial charge in [-0.25, -0.2) is 0 Å². The first-order chi connectivity index (χ1) is 11.4. The normalized spacial score (nSPS) is 10.9. The summed E-state index contributed by atoms with van der Waals surface area (Å²) in [7, 11) is 8.23. The zero-order valence-electron chi connectivity index (χ0n) is 14.9. The number of benzene rings is 1. The summed E-state index contributed by atoms with van der Waals surface area (Å²) in [5.41, 5.74) is 2.51. The van der Waals surface area contributed by atoms with Crippen LogP contribution < -0.4 is 24.5 Å².